The summed E-state index contributed by atoms with van der Waals surface area (Å²) in [4.78, 5) is 29.0. The van der Waals surface area contributed by atoms with Gasteiger partial charge in [-0.2, -0.15) is 13.2 Å². The van der Waals surface area contributed by atoms with Crippen LogP contribution in [0.15, 0.2) is 73.1 Å². The Morgan fingerprint density at radius 2 is 1.72 bits per heavy atom. The number of carbonyl (C=O) groups is 2. The third-order valence-electron chi connectivity index (χ3n) is 4.81. The molecule has 0 aliphatic carbocycles. The monoisotopic (exact) mass is 441 g/mol. The highest BCUT2D eigenvalue weighted by Gasteiger charge is 2.31. The van der Waals surface area contributed by atoms with Crippen molar-refractivity contribution < 1.29 is 22.8 Å². The third kappa shape index (κ3) is 5.94. The van der Waals surface area contributed by atoms with Crippen LogP contribution in [0.5, 0.6) is 0 Å². The molecule has 5 nitrogen and oxygen atoms in total. The molecule has 1 atom stereocenters. The zero-order valence-electron chi connectivity index (χ0n) is 17.3. The second-order valence-corrected chi connectivity index (χ2v) is 7.21. The smallest absolute Gasteiger partial charge is 0.345 e. The SMILES string of the molecule is CCCC(NC(=O)c1cccc(NC(=O)c2cccnc2)c1)c1cccc(C(F)(F)F)c1. The van der Waals surface area contributed by atoms with Gasteiger partial charge in [-0.25, -0.2) is 0 Å². The molecule has 8 heteroatoms. The van der Waals surface area contributed by atoms with Gasteiger partial charge in [0.05, 0.1) is 17.2 Å². The number of aromatic nitrogens is 1. The minimum absolute atomic E-state index is 0.280. The van der Waals surface area contributed by atoms with Crippen LogP contribution in [0.2, 0.25) is 0 Å². The molecule has 2 aromatic carbocycles. The van der Waals surface area contributed by atoms with Crippen molar-refractivity contribution >= 4 is 17.5 Å². The first-order valence-corrected chi connectivity index (χ1v) is 10.1. The van der Waals surface area contributed by atoms with Gasteiger partial charge >= 0.3 is 6.18 Å². The number of pyridine rings is 1. The highest BCUT2D eigenvalue weighted by molar-refractivity contribution is 6.05. The lowest BCUT2D eigenvalue weighted by molar-refractivity contribution is -0.137. The van der Waals surface area contributed by atoms with Crippen molar-refractivity contribution in [3.8, 4) is 0 Å². The van der Waals surface area contributed by atoms with Gasteiger partial charge in [-0.3, -0.25) is 14.6 Å². The average molecular weight is 441 g/mol. The van der Waals surface area contributed by atoms with Gasteiger partial charge in [-0.05, 0) is 54.4 Å². The van der Waals surface area contributed by atoms with E-state index in [0.29, 0.717) is 29.7 Å². The Balaban J connectivity index is 1.76. The lowest BCUT2D eigenvalue weighted by atomic mass is 9.99. The third-order valence-corrected chi connectivity index (χ3v) is 4.81. The number of hydrogen-bond acceptors (Lipinski definition) is 3. The molecular weight excluding hydrogens is 419 g/mol. The molecule has 0 aliphatic heterocycles. The summed E-state index contributed by atoms with van der Waals surface area (Å²) in [6, 6.07) is 14.0. The molecule has 32 heavy (non-hydrogen) atoms. The van der Waals surface area contributed by atoms with E-state index in [4.69, 9.17) is 0 Å². The summed E-state index contributed by atoms with van der Waals surface area (Å²) >= 11 is 0. The Labute approximate surface area is 183 Å². The van der Waals surface area contributed by atoms with Crippen LogP contribution in [-0.4, -0.2) is 16.8 Å². The van der Waals surface area contributed by atoms with Crippen LogP contribution in [0.1, 0.15) is 57.7 Å². The van der Waals surface area contributed by atoms with Crippen molar-refractivity contribution in [2.45, 2.75) is 32.0 Å². The van der Waals surface area contributed by atoms with Crippen molar-refractivity contribution in [2.24, 2.45) is 0 Å². The number of alkyl halides is 3. The molecule has 0 aliphatic rings. The fourth-order valence-electron chi connectivity index (χ4n) is 3.22. The molecule has 166 valence electrons. The highest BCUT2D eigenvalue weighted by Crippen LogP contribution is 2.31. The summed E-state index contributed by atoms with van der Waals surface area (Å²) in [6.07, 6.45) is -0.334. The van der Waals surface area contributed by atoms with E-state index in [0.717, 1.165) is 12.1 Å². The van der Waals surface area contributed by atoms with Gasteiger partial charge in [0.25, 0.3) is 11.8 Å². The zero-order valence-corrected chi connectivity index (χ0v) is 17.3. The predicted molar refractivity (Wildman–Crippen MR) is 115 cm³/mol. The molecule has 1 heterocycles. The number of nitrogens with one attached hydrogen (secondary N) is 2. The lowest BCUT2D eigenvalue weighted by Crippen LogP contribution is -2.29. The van der Waals surface area contributed by atoms with Gasteiger partial charge in [0.1, 0.15) is 0 Å². The van der Waals surface area contributed by atoms with E-state index in [-0.39, 0.29) is 11.5 Å². The fourth-order valence-corrected chi connectivity index (χ4v) is 3.22. The number of nitrogens with zero attached hydrogens (tertiary/aromatic N) is 1. The fraction of sp³-hybridized carbons (Fsp3) is 0.208. The maximum Gasteiger partial charge on any atom is 0.416 e. The van der Waals surface area contributed by atoms with Crippen LogP contribution in [-0.2, 0) is 6.18 Å². The first-order chi connectivity index (χ1) is 15.3. The zero-order chi connectivity index (χ0) is 23.1. The minimum atomic E-state index is -4.46. The van der Waals surface area contributed by atoms with Gasteiger partial charge in [0.2, 0.25) is 0 Å². The Kier molecular flexibility index (Phi) is 7.25. The molecule has 2 N–H and O–H groups in total. The van der Waals surface area contributed by atoms with E-state index in [2.05, 4.69) is 15.6 Å². The molecule has 1 unspecified atom stereocenters. The first kappa shape index (κ1) is 23.0. The van der Waals surface area contributed by atoms with Crippen LogP contribution in [0.4, 0.5) is 18.9 Å². The van der Waals surface area contributed by atoms with E-state index in [9.17, 15) is 22.8 Å². The number of rotatable bonds is 7. The second-order valence-electron chi connectivity index (χ2n) is 7.21. The number of anilines is 1. The molecule has 0 saturated carbocycles. The predicted octanol–water partition coefficient (Wildman–Crippen LogP) is 5.62. The molecule has 3 aromatic rings. The van der Waals surface area contributed by atoms with Crippen LogP contribution < -0.4 is 10.6 Å². The molecule has 0 radical (unpaired) electrons. The Bertz CT molecular complexity index is 1090. The summed E-state index contributed by atoms with van der Waals surface area (Å²) in [5, 5.41) is 5.52. The van der Waals surface area contributed by atoms with Gasteiger partial charge in [-0.1, -0.05) is 31.5 Å². The largest absolute Gasteiger partial charge is 0.416 e. The number of carbonyl (C=O) groups excluding carboxylic acids is 2. The summed E-state index contributed by atoms with van der Waals surface area (Å²) in [6.45, 7) is 1.89. The Morgan fingerprint density at radius 3 is 2.41 bits per heavy atom. The summed E-state index contributed by atoms with van der Waals surface area (Å²) < 4.78 is 39.3. The van der Waals surface area contributed by atoms with Gasteiger partial charge in [0.15, 0.2) is 0 Å². The maximum absolute atomic E-state index is 13.1. The van der Waals surface area contributed by atoms with Crippen LogP contribution in [0, 0.1) is 0 Å². The molecule has 0 fully saturated rings. The minimum Gasteiger partial charge on any atom is -0.345 e. The topological polar surface area (TPSA) is 71.1 Å². The van der Waals surface area contributed by atoms with E-state index in [1.54, 1.807) is 42.6 Å². The van der Waals surface area contributed by atoms with E-state index in [1.165, 1.54) is 18.3 Å². The normalized spacial score (nSPS) is 12.1. The van der Waals surface area contributed by atoms with E-state index in [1.807, 2.05) is 6.92 Å². The van der Waals surface area contributed by atoms with Crippen LogP contribution in [0.25, 0.3) is 0 Å². The standard InChI is InChI=1S/C24H22F3N3O2/c1-2-6-21(16-7-3-10-19(13-16)24(25,26)27)30-22(31)17-8-4-11-20(14-17)29-23(32)18-9-5-12-28-15-18/h3-5,7-15,21H,2,6H2,1H3,(H,29,32)(H,30,31). The first-order valence-electron chi connectivity index (χ1n) is 10.1. The van der Waals surface area contributed by atoms with Gasteiger partial charge in [0, 0.05) is 23.6 Å². The second kappa shape index (κ2) is 10.1. The molecule has 0 saturated heterocycles. The molecule has 1 aromatic heterocycles. The molecule has 0 bridgehead atoms. The summed E-state index contributed by atoms with van der Waals surface area (Å²) in [7, 11) is 0. The quantitative estimate of drug-likeness (QED) is 0.500. The summed E-state index contributed by atoms with van der Waals surface area (Å²) in [5.74, 6) is -0.818. The van der Waals surface area contributed by atoms with E-state index < -0.39 is 23.7 Å². The average Bonchev–Trinajstić information content (AvgIpc) is 2.79. The number of benzene rings is 2. The molecular formula is C24H22F3N3O2. The van der Waals surface area contributed by atoms with Crippen molar-refractivity contribution in [1.29, 1.82) is 0 Å². The van der Waals surface area contributed by atoms with Gasteiger partial charge < -0.3 is 10.6 Å². The van der Waals surface area contributed by atoms with E-state index >= 15 is 0 Å². The Hall–Kier alpha value is -3.68. The number of hydrogen-bond donors (Lipinski definition) is 2. The van der Waals surface area contributed by atoms with Crippen LogP contribution >= 0.6 is 0 Å². The Morgan fingerprint density at radius 1 is 0.969 bits per heavy atom. The molecule has 0 spiro atoms. The highest BCUT2D eigenvalue weighted by atomic mass is 19.4. The number of amides is 2. The van der Waals surface area contributed by atoms with Crippen molar-refractivity contribution in [3.05, 3.63) is 95.3 Å². The maximum atomic E-state index is 13.1. The van der Waals surface area contributed by atoms with Crippen LogP contribution in [0.3, 0.4) is 0 Å². The summed E-state index contributed by atoms with van der Waals surface area (Å²) in [5.41, 5.74) is 0.691. The van der Waals surface area contributed by atoms with Gasteiger partial charge in [-0.15, -0.1) is 0 Å². The van der Waals surface area contributed by atoms with Crippen molar-refractivity contribution in [2.75, 3.05) is 5.32 Å². The van der Waals surface area contributed by atoms with Crippen molar-refractivity contribution in [3.63, 3.8) is 0 Å². The van der Waals surface area contributed by atoms with Crippen molar-refractivity contribution in [1.82, 2.24) is 10.3 Å². The molecule has 2 amide bonds. The lowest BCUT2D eigenvalue weighted by Gasteiger charge is -2.20. The molecule has 3 rings (SSSR count). The number of halogens is 3.